The lowest BCUT2D eigenvalue weighted by molar-refractivity contribution is 0.388. The maximum absolute atomic E-state index is 14.8. The standard InChI is InChI=1S/C23H21FN5O2P/c24-19-7-6-16(14-20-17-4-1-2-5-18(17)22(30)28-27-20)15-21(19)29(31)10-12-32(13-11-29)23-25-8-3-9-26-23/h1-9,15H,10-14H2,(H,28,30). The van der Waals surface area contributed by atoms with Crippen LogP contribution in [0.3, 0.4) is 0 Å². The molecule has 1 N–H and O–H groups in total. The van der Waals surface area contributed by atoms with Gasteiger partial charge in [-0.2, -0.15) is 5.10 Å². The van der Waals surface area contributed by atoms with Crippen LogP contribution >= 0.6 is 7.92 Å². The number of nitrogens with one attached hydrogen (secondary N) is 1. The lowest BCUT2D eigenvalue weighted by Crippen LogP contribution is -2.51. The Labute approximate surface area is 184 Å². The van der Waals surface area contributed by atoms with E-state index in [1.54, 1.807) is 42.7 Å². The van der Waals surface area contributed by atoms with Crippen molar-refractivity contribution >= 4 is 29.9 Å². The van der Waals surface area contributed by atoms with Gasteiger partial charge in [-0.25, -0.2) is 19.5 Å². The first kappa shape index (κ1) is 20.8. The van der Waals surface area contributed by atoms with Crippen molar-refractivity contribution in [1.29, 1.82) is 0 Å². The lowest BCUT2D eigenvalue weighted by Gasteiger charge is -2.46. The van der Waals surface area contributed by atoms with Gasteiger partial charge in [0.15, 0.2) is 17.1 Å². The highest BCUT2D eigenvalue weighted by atomic mass is 31.1. The highest BCUT2D eigenvalue weighted by Gasteiger charge is 2.33. The quantitative estimate of drug-likeness (QED) is 0.294. The molecule has 32 heavy (non-hydrogen) atoms. The number of hydrogen-bond donors (Lipinski definition) is 1. The molecule has 2 aromatic heterocycles. The minimum atomic E-state index is -0.689. The normalized spacial score (nSPS) is 21.0. The molecule has 0 atom stereocenters. The minimum absolute atomic E-state index is 0.153. The number of aromatic nitrogens is 4. The first-order valence-corrected chi connectivity index (χ1v) is 12.1. The van der Waals surface area contributed by atoms with Crippen LogP contribution in [-0.4, -0.2) is 45.6 Å². The molecule has 0 bridgehead atoms. The van der Waals surface area contributed by atoms with Crippen molar-refractivity contribution in [2.75, 3.05) is 25.4 Å². The van der Waals surface area contributed by atoms with Crippen LogP contribution in [0.5, 0.6) is 0 Å². The summed E-state index contributed by atoms with van der Waals surface area (Å²) in [5.74, 6) is -0.495. The van der Waals surface area contributed by atoms with Gasteiger partial charge >= 0.3 is 0 Å². The zero-order chi connectivity index (χ0) is 22.1. The van der Waals surface area contributed by atoms with Gasteiger partial charge in [-0.3, -0.25) is 4.79 Å². The summed E-state index contributed by atoms with van der Waals surface area (Å²) in [5.41, 5.74) is 2.16. The fourth-order valence-corrected chi connectivity index (χ4v) is 6.38. The molecular formula is C23H21FN5O2P. The van der Waals surface area contributed by atoms with E-state index >= 15 is 0 Å². The van der Waals surface area contributed by atoms with Gasteiger partial charge in [-0.05, 0) is 31.7 Å². The summed E-state index contributed by atoms with van der Waals surface area (Å²) < 4.78 is 14.1. The van der Waals surface area contributed by atoms with Crippen LogP contribution in [0.25, 0.3) is 10.8 Å². The Morgan fingerprint density at radius 2 is 1.75 bits per heavy atom. The lowest BCUT2D eigenvalue weighted by atomic mass is 10.0. The summed E-state index contributed by atoms with van der Waals surface area (Å²) in [5, 5.41) is 21.6. The third-order valence-corrected chi connectivity index (χ3v) is 8.17. The van der Waals surface area contributed by atoms with Gasteiger partial charge < -0.3 is 9.85 Å². The molecule has 162 valence electrons. The van der Waals surface area contributed by atoms with Gasteiger partial charge in [-0.15, -0.1) is 0 Å². The second-order valence-corrected chi connectivity index (χ2v) is 10.3. The first-order chi connectivity index (χ1) is 15.5. The Morgan fingerprint density at radius 1 is 1.03 bits per heavy atom. The molecule has 2 aromatic carbocycles. The van der Waals surface area contributed by atoms with Crippen molar-refractivity contribution < 1.29 is 4.39 Å². The van der Waals surface area contributed by atoms with Gasteiger partial charge in [0.05, 0.1) is 24.2 Å². The second kappa shape index (κ2) is 8.47. The third kappa shape index (κ3) is 3.93. The van der Waals surface area contributed by atoms with E-state index < -0.39 is 18.4 Å². The topological polar surface area (TPSA) is 94.6 Å². The summed E-state index contributed by atoms with van der Waals surface area (Å²) in [6.45, 7) is 0.592. The van der Waals surface area contributed by atoms with Crippen molar-refractivity contribution in [3.63, 3.8) is 0 Å². The summed E-state index contributed by atoms with van der Waals surface area (Å²) in [6.07, 6.45) is 5.15. The van der Waals surface area contributed by atoms with E-state index in [9.17, 15) is 14.4 Å². The zero-order valence-corrected chi connectivity index (χ0v) is 18.1. The van der Waals surface area contributed by atoms with E-state index in [1.807, 2.05) is 12.1 Å². The molecule has 0 radical (unpaired) electrons. The molecule has 1 aliphatic heterocycles. The molecule has 0 spiro atoms. The van der Waals surface area contributed by atoms with Crippen molar-refractivity contribution in [2.45, 2.75) is 6.42 Å². The number of hydroxylamine groups is 2. The molecule has 4 aromatic rings. The van der Waals surface area contributed by atoms with E-state index in [-0.39, 0.29) is 11.2 Å². The number of benzene rings is 2. The SMILES string of the molecule is O=c1[nH]nc(Cc2ccc(F)c([N+]3([O-])CCP(c4ncccn4)CC3)c2)c2ccccc12. The van der Waals surface area contributed by atoms with Gasteiger partial charge in [0.25, 0.3) is 5.56 Å². The molecule has 0 amide bonds. The molecule has 0 saturated carbocycles. The van der Waals surface area contributed by atoms with Crippen LogP contribution in [0.1, 0.15) is 11.3 Å². The molecule has 9 heteroatoms. The highest BCUT2D eigenvalue weighted by molar-refractivity contribution is 7.65. The monoisotopic (exact) mass is 449 g/mol. The molecular weight excluding hydrogens is 428 g/mol. The van der Waals surface area contributed by atoms with Crippen LogP contribution in [0.4, 0.5) is 10.1 Å². The molecule has 1 saturated heterocycles. The zero-order valence-electron chi connectivity index (χ0n) is 17.2. The van der Waals surface area contributed by atoms with Crippen molar-refractivity contribution in [3.8, 4) is 0 Å². The fourth-order valence-electron chi connectivity index (χ4n) is 4.16. The number of rotatable bonds is 4. The Hall–Kier alpha value is -3.06. The largest absolute Gasteiger partial charge is 0.627 e. The molecule has 0 aliphatic carbocycles. The van der Waals surface area contributed by atoms with Crippen LogP contribution in [0, 0.1) is 11.0 Å². The predicted molar refractivity (Wildman–Crippen MR) is 125 cm³/mol. The second-order valence-electron chi connectivity index (χ2n) is 7.88. The summed E-state index contributed by atoms with van der Waals surface area (Å²) in [6, 6.07) is 13.7. The summed E-state index contributed by atoms with van der Waals surface area (Å²) in [7, 11) is -0.600. The number of hydrogen-bond acceptors (Lipinski definition) is 5. The number of H-pyrrole nitrogens is 1. The maximum Gasteiger partial charge on any atom is 0.272 e. The Kier molecular flexibility index (Phi) is 5.51. The molecule has 3 heterocycles. The van der Waals surface area contributed by atoms with Crippen LogP contribution in [-0.2, 0) is 6.42 Å². The van der Waals surface area contributed by atoms with E-state index in [4.69, 9.17) is 0 Å². The van der Waals surface area contributed by atoms with E-state index in [0.29, 0.717) is 42.9 Å². The number of aromatic amines is 1. The number of quaternary nitrogens is 1. The van der Waals surface area contributed by atoms with Crippen molar-refractivity contribution in [3.05, 3.63) is 93.6 Å². The maximum atomic E-state index is 14.8. The highest BCUT2D eigenvalue weighted by Crippen LogP contribution is 2.40. The van der Waals surface area contributed by atoms with Gasteiger partial charge in [0.2, 0.25) is 0 Å². The average molecular weight is 449 g/mol. The fraction of sp³-hybridized carbons (Fsp3) is 0.217. The molecule has 5 rings (SSSR count). The van der Waals surface area contributed by atoms with Crippen LogP contribution < -0.4 is 15.8 Å². The summed E-state index contributed by atoms with van der Waals surface area (Å²) in [4.78, 5) is 20.7. The minimum Gasteiger partial charge on any atom is -0.627 e. The Balaban J connectivity index is 1.41. The molecule has 1 aliphatic rings. The predicted octanol–water partition coefficient (Wildman–Crippen LogP) is 3.07. The smallest absolute Gasteiger partial charge is 0.272 e. The Bertz CT molecular complexity index is 1320. The summed E-state index contributed by atoms with van der Waals surface area (Å²) >= 11 is 0. The molecule has 0 unspecified atom stereocenters. The van der Waals surface area contributed by atoms with E-state index in [0.717, 1.165) is 16.5 Å². The number of fused-ring (bicyclic) bond motifs is 1. The van der Waals surface area contributed by atoms with Crippen molar-refractivity contribution in [2.24, 2.45) is 0 Å². The van der Waals surface area contributed by atoms with Crippen LogP contribution in [0.15, 0.2) is 65.7 Å². The van der Waals surface area contributed by atoms with Gasteiger partial charge in [0.1, 0.15) is 0 Å². The number of halogens is 1. The van der Waals surface area contributed by atoms with Crippen LogP contribution in [0.2, 0.25) is 0 Å². The number of nitrogens with zero attached hydrogens (tertiary/aromatic N) is 4. The van der Waals surface area contributed by atoms with Gasteiger partial charge in [-0.1, -0.05) is 24.3 Å². The van der Waals surface area contributed by atoms with Crippen molar-refractivity contribution in [1.82, 2.24) is 24.8 Å². The van der Waals surface area contributed by atoms with E-state index in [2.05, 4.69) is 20.2 Å². The molecule has 7 nitrogen and oxygen atoms in total. The van der Waals surface area contributed by atoms with E-state index in [1.165, 1.54) is 6.07 Å². The molecule has 1 fully saturated rings. The van der Waals surface area contributed by atoms with Gasteiger partial charge in [0, 0.05) is 42.6 Å². The third-order valence-electron chi connectivity index (χ3n) is 5.89. The average Bonchev–Trinajstić information content (AvgIpc) is 2.83. The first-order valence-electron chi connectivity index (χ1n) is 10.4. The Morgan fingerprint density at radius 3 is 2.50 bits per heavy atom.